The summed E-state index contributed by atoms with van der Waals surface area (Å²) in [5.41, 5.74) is 2.14. The Hall–Kier alpha value is -2.25. The summed E-state index contributed by atoms with van der Waals surface area (Å²) >= 11 is 0. The lowest BCUT2D eigenvalue weighted by Gasteiger charge is -2.36. The second-order valence-corrected chi connectivity index (χ2v) is 6.81. The fourth-order valence-corrected chi connectivity index (χ4v) is 3.66. The van der Waals surface area contributed by atoms with Crippen LogP contribution in [0.4, 0.5) is 0 Å². The molecule has 4 heterocycles. The van der Waals surface area contributed by atoms with Crippen LogP contribution in [0.15, 0.2) is 43.2 Å². The van der Waals surface area contributed by atoms with Crippen molar-refractivity contribution >= 4 is 5.65 Å². The quantitative estimate of drug-likeness (QED) is 0.682. The average Bonchev–Trinajstić information content (AvgIpc) is 3.31. The van der Waals surface area contributed by atoms with Gasteiger partial charge < -0.3 is 4.90 Å². The van der Waals surface area contributed by atoms with Crippen molar-refractivity contribution < 1.29 is 0 Å². The van der Waals surface area contributed by atoms with E-state index in [9.17, 15) is 0 Å². The van der Waals surface area contributed by atoms with Gasteiger partial charge in [-0.1, -0.05) is 0 Å². The second kappa shape index (κ2) is 7.33. The van der Waals surface area contributed by atoms with Gasteiger partial charge in [-0.25, -0.2) is 4.98 Å². The number of piperidine rings is 1. The molecule has 0 spiro atoms. The van der Waals surface area contributed by atoms with Crippen molar-refractivity contribution in [1.82, 2.24) is 33.9 Å². The largest absolute Gasteiger partial charge is 0.301 e. The first-order valence-corrected chi connectivity index (χ1v) is 8.95. The Balaban J connectivity index is 1.28. The summed E-state index contributed by atoms with van der Waals surface area (Å²) in [6, 6.07) is 2.62. The molecule has 1 saturated heterocycles. The molecule has 0 unspecified atom stereocenters. The molecule has 0 atom stereocenters. The van der Waals surface area contributed by atoms with E-state index >= 15 is 0 Å². The molecular weight excluding hydrogens is 314 g/mol. The predicted octanol–water partition coefficient (Wildman–Crippen LogP) is 1.52. The standard InChI is InChI=1S/C18H25N7/c1-22(15-17-13-20-18-14-19-6-10-25(17)18)16-3-8-23(9-4-16)11-12-24-7-2-5-21-24/h2,5-7,10,13-14,16H,3-4,8-9,11-12,15H2,1H3. The number of fused-ring (bicyclic) bond motifs is 1. The monoisotopic (exact) mass is 339 g/mol. The minimum absolute atomic E-state index is 0.633. The van der Waals surface area contributed by atoms with Gasteiger partial charge >= 0.3 is 0 Å². The van der Waals surface area contributed by atoms with Gasteiger partial charge in [-0.2, -0.15) is 5.10 Å². The molecule has 0 saturated carbocycles. The van der Waals surface area contributed by atoms with Crippen LogP contribution in [0.5, 0.6) is 0 Å². The minimum atomic E-state index is 0.633. The molecule has 4 rings (SSSR count). The summed E-state index contributed by atoms with van der Waals surface area (Å²) in [6.07, 6.45) is 13.9. The van der Waals surface area contributed by atoms with Gasteiger partial charge in [-0.05, 0) is 39.0 Å². The molecule has 7 heteroatoms. The maximum Gasteiger partial charge on any atom is 0.155 e. The zero-order chi connectivity index (χ0) is 17.1. The van der Waals surface area contributed by atoms with E-state index in [2.05, 4.69) is 36.3 Å². The molecule has 3 aromatic rings. The number of hydrogen-bond acceptors (Lipinski definition) is 5. The van der Waals surface area contributed by atoms with Crippen LogP contribution in [0.2, 0.25) is 0 Å². The van der Waals surface area contributed by atoms with Gasteiger partial charge in [-0.3, -0.25) is 19.0 Å². The first kappa shape index (κ1) is 16.2. The highest BCUT2D eigenvalue weighted by atomic mass is 15.3. The molecule has 0 N–H and O–H groups in total. The van der Waals surface area contributed by atoms with Gasteiger partial charge in [0.1, 0.15) is 0 Å². The van der Waals surface area contributed by atoms with Gasteiger partial charge in [0.25, 0.3) is 0 Å². The van der Waals surface area contributed by atoms with E-state index in [1.54, 1.807) is 0 Å². The van der Waals surface area contributed by atoms with Gasteiger partial charge in [0.05, 0.1) is 24.6 Å². The van der Waals surface area contributed by atoms with Crippen molar-refractivity contribution in [3.05, 3.63) is 48.9 Å². The van der Waals surface area contributed by atoms with E-state index in [-0.39, 0.29) is 0 Å². The van der Waals surface area contributed by atoms with Crippen molar-refractivity contribution in [1.29, 1.82) is 0 Å². The molecule has 0 bridgehead atoms. The summed E-state index contributed by atoms with van der Waals surface area (Å²) in [7, 11) is 2.23. The molecule has 0 aliphatic carbocycles. The first-order chi connectivity index (χ1) is 12.3. The van der Waals surface area contributed by atoms with E-state index in [0.29, 0.717) is 6.04 Å². The SMILES string of the molecule is CN(Cc1cnc2cnccn12)C1CCN(CCn2cccn2)CC1. The summed E-state index contributed by atoms with van der Waals surface area (Å²) in [6.45, 7) is 5.30. The fourth-order valence-electron chi connectivity index (χ4n) is 3.66. The molecule has 1 aliphatic rings. The van der Waals surface area contributed by atoms with Crippen molar-refractivity contribution in [3.63, 3.8) is 0 Å². The van der Waals surface area contributed by atoms with Gasteiger partial charge in [0.2, 0.25) is 0 Å². The van der Waals surface area contributed by atoms with Crippen LogP contribution in [0.25, 0.3) is 5.65 Å². The molecule has 1 aliphatic heterocycles. The third-order valence-corrected chi connectivity index (χ3v) is 5.19. The molecule has 0 amide bonds. The number of rotatable bonds is 6. The molecule has 1 fully saturated rings. The fraction of sp³-hybridized carbons (Fsp3) is 0.500. The number of imidazole rings is 1. The highest BCUT2D eigenvalue weighted by Crippen LogP contribution is 2.18. The van der Waals surface area contributed by atoms with E-state index in [1.807, 2.05) is 47.9 Å². The van der Waals surface area contributed by atoms with Gasteiger partial charge in [0.15, 0.2) is 5.65 Å². The van der Waals surface area contributed by atoms with E-state index in [0.717, 1.165) is 38.4 Å². The summed E-state index contributed by atoms with van der Waals surface area (Å²) in [5, 5.41) is 4.28. The number of hydrogen-bond donors (Lipinski definition) is 0. The molecule has 0 aromatic carbocycles. The molecular formula is C18H25N7. The van der Waals surface area contributed by atoms with Crippen LogP contribution in [0, 0.1) is 0 Å². The molecule has 25 heavy (non-hydrogen) atoms. The number of nitrogens with zero attached hydrogens (tertiary/aromatic N) is 7. The highest BCUT2D eigenvalue weighted by Gasteiger charge is 2.23. The van der Waals surface area contributed by atoms with E-state index in [1.165, 1.54) is 18.5 Å². The Morgan fingerprint density at radius 3 is 2.80 bits per heavy atom. The van der Waals surface area contributed by atoms with Crippen LogP contribution in [0.1, 0.15) is 18.5 Å². The smallest absolute Gasteiger partial charge is 0.155 e. The maximum absolute atomic E-state index is 4.43. The van der Waals surface area contributed by atoms with E-state index < -0.39 is 0 Å². The van der Waals surface area contributed by atoms with Crippen molar-refractivity contribution in [3.8, 4) is 0 Å². The Kier molecular flexibility index (Phi) is 4.76. The second-order valence-electron chi connectivity index (χ2n) is 6.81. The van der Waals surface area contributed by atoms with Crippen LogP contribution in [0.3, 0.4) is 0 Å². The van der Waals surface area contributed by atoms with Gasteiger partial charge in [-0.15, -0.1) is 0 Å². The number of likely N-dealkylation sites (tertiary alicyclic amines) is 1. The maximum atomic E-state index is 4.43. The Morgan fingerprint density at radius 1 is 1.12 bits per heavy atom. The summed E-state index contributed by atoms with van der Waals surface area (Å²) in [4.78, 5) is 13.6. The van der Waals surface area contributed by atoms with Crippen molar-refractivity contribution in [2.75, 3.05) is 26.7 Å². The van der Waals surface area contributed by atoms with Crippen molar-refractivity contribution in [2.45, 2.75) is 32.0 Å². The lowest BCUT2D eigenvalue weighted by atomic mass is 10.0. The molecule has 0 radical (unpaired) electrons. The molecule has 132 valence electrons. The zero-order valence-electron chi connectivity index (χ0n) is 14.7. The van der Waals surface area contributed by atoms with Gasteiger partial charge in [0, 0.05) is 43.9 Å². The number of aromatic nitrogens is 5. The molecule has 7 nitrogen and oxygen atoms in total. The Bertz CT molecular complexity index is 787. The summed E-state index contributed by atoms with van der Waals surface area (Å²) in [5.74, 6) is 0. The summed E-state index contributed by atoms with van der Waals surface area (Å²) < 4.78 is 4.14. The van der Waals surface area contributed by atoms with Crippen LogP contribution < -0.4 is 0 Å². The lowest BCUT2D eigenvalue weighted by Crippen LogP contribution is -2.44. The lowest BCUT2D eigenvalue weighted by molar-refractivity contribution is 0.119. The Morgan fingerprint density at radius 2 is 2.00 bits per heavy atom. The zero-order valence-corrected chi connectivity index (χ0v) is 14.7. The normalized spacial score (nSPS) is 16.9. The predicted molar refractivity (Wildman–Crippen MR) is 96.1 cm³/mol. The Labute approximate surface area is 147 Å². The van der Waals surface area contributed by atoms with Crippen LogP contribution in [-0.4, -0.2) is 66.7 Å². The van der Waals surface area contributed by atoms with E-state index in [4.69, 9.17) is 0 Å². The van der Waals surface area contributed by atoms with Crippen molar-refractivity contribution in [2.24, 2.45) is 0 Å². The van der Waals surface area contributed by atoms with Crippen LogP contribution >= 0.6 is 0 Å². The third kappa shape index (κ3) is 3.72. The topological polar surface area (TPSA) is 54.5 Å². The van der Waals surface area contributed by atoms with Crippen LogP contribution in [-0.2, 0) is 13.1 Å². The third-order valence-electron chi connectivity index (χ3n) is 5.19. The minimum Gasteiger partial charge on any atom is -0.301 e. The highest BCUT2D eigenvalue weighted by molar-refractivity contribution is 5.36. The average molecular weight is 339 g/mol. The first-order valence-electron chi connectivity index (χ1n) is 8.95. The molecule has 3 aromatic heterocycles.